The quantitative estimate of drug-likeness (QED) is 0.455. The molecule has 2 unspecified atom stereocenters. The van der Waals surface area contributed by atoms with E-state index in [9.17, 15) is 4.39 Å². The summed E-state index contributed by atoms with van der Waals surface area (Å²) >= 11 is 1.95. The van der Waals surface area contributed by atoms with Gasteiger partial charge in [0.05, 0.1) is 6.61 Å². The van der Waals surface area contributed by atoms with Crippen molar-refractivity contribution in [2.45, 2.75) is 37.0 Å². The number of thioether (sulfide) groups is 1. The minimum atomic E-state index is -0.246. The molecule has 1 aliphatic rings. The highest BCUT2D eigenvalue weighted by Gasteiger charge is 2.24. The fourth-order valence-corrected chi connectivity index (χ4v) is 3.47. The molecule has 0 spiro atoms. The highest BCUT2D eigenvalue weighted by Crippen LogP contribution is 2.27. The van der Waals surface area contributed by atoms with Crippen molar-refractivity contribution >= 4 is 17.7 Å². The second-order valence-corrected chi connectivity index (χ2v) is 6.81. The fourth-order valence-electron chi connectivity index (χ4n) is 2.67. The van der Waals surface area contributed by atoms with Gasteiger partial charge in [0.15, 0.2) is 5.96 Å². The molecule has 0 saturated heterocycles. The summed E-state index contributed by atoms with van der Waals surface area (Å²) in [4.78, 5) is 4.27. The third-order valence-corrected chi connectivity index (χ3v) is 5.07. The molecule has 2 atom stereocenters. The Morgan fingerprint density at radius 2 is 2.13 bits per heavy atom. The summed E-state index contributed by atoms with van der Waals surface area (Å²) < 4.78 is 18.4. The monoisotopic (exact) mass is 339 g/mol. The molecule has 0 aromatic heterocycles. The molecule has 1 saturated carbocycles. The first-order valence-electron chi connectivity index (χ1n) is 8.09. The second-order valence-electron chi connectivity index (χ2n) is 5.67. The first kappa shape index (κ1) is 17.9. The molecule has 128 valence electrons. The number of halogens is 1. The van der Waals surface area contributed by atoms with Gasteiger partial charge in [-0.05, 0) is 56.2 Å². The van der Waals surface area contributed by atoms with Crippen LogP contribution in [0.4, 0.5) is 4.39 Å². The smallest absolute Gasteiger partial charge is 0.191 e. The third kappa shape index (κ3) is 6.29. The van der Waals surface area contributed by atoms with E-state index < -0.39 is 0 Å². The van der Waals surface area contributed by atoms with Gasteiger partial charge < -0.3 is 15.4 Å². The normalized spacial score (nSPS) is 21.3. The third-order valence-electron chi connectivity index (χ3n) is 3.98. The summed E-state index contributed by atoms with van der Waals surface area (Å²) in [5, 5.41) is 7.58. The van der Waals surface area contributed by atoms with E-state index in [0.29, 0.717) is 18.4 Å². The topological polar surface area (TPSA) is 45.7 Å². The number of benzene rings is 1. The number of hydrogen-bond acceptors (Lipinski definition) is 3. The fraction of sp³-hybridized carbons (Fsp3) is 0.588. The highest BCUT2D eigenvalue weighted by molar-refractivity contribution is 7.99. The van der Waals surface area contributed by atoms with Crippen molar-refractivity contribution in [3.05, 3.63) is 30.1 Å². The number of guanidine groups is 1. The average Bonchev–Trinajstić information content (AvgIpc) is 3.03. The van der Waals surface area contributed by atoms with Crippen molar-refractivity contribution in [3.63, 3.8) is 0 Å². The van der Waals surface area contributed by atoms with Crippen molar-refractivity contribution < 1.29 is 9.13 Å². The molecule has 1 fully saturated rings. The Kier molecular flexibility index (Phi) is 7.52. The zero-order valence-corrected chi connectivity index (χ0v) is 14.7. The maximum absolute atomic E-state index is 12.8. The van der Waals surface area contributed by atoms with Gasteiger partial charge in [0.1, 0.15) is 11.6 Å². The lowest BCUT2D eigenvalue weighted by Gasteiger charge is -2.17. The van der Waals surface area contributed by atoms with E-state index in [4.69, 9.17) is 4.74 Å². The Hall–Kier alpha value is -1.43. The molecule has 23 heavy (non-hydrogen) atoms. The van der Waals surface area contributed by atoms with Crippen LogP contribution >= 0.6 is 11.8 Å². The van der Waals surface area contributed by atoms with Gasteiger partial charge in [0.2, 0.25) is 0 Å². The Morgan fingerprint density at radius 1 is 1.35 bits per heavy atom. The minimum absolute atomic E-state index is 0.246. The van der Waals surface area contributed by atoms with Crippen LogP contribution in [-0.2, 0) is 0 Å². The molecule has 0 heterocycles. The lowest BCUT2D eigenvalue weighted by atomic mass is 10.2. The summed E-state index contributed by atoms with van der Waals surface area (Å²) in [7, 11) is 1.80. The summed E-state index contributed by atoms with van der Waals surface area (Å²) in [5.41, 5.74) is 0. The lowest BCUT2D eigenvalue weighted by molar-refractivity contribution is 0.310. The maximum Gasteiger partial charge on any atom is 0.191 e. The SMILES string of the molecule is CN=C(NCCCOc1ccc(F)cc1)NC1CCC(SC)C1. The Morgan fingerprint density at radius 3 is 2.78 bits per heavy atom. The van der Waals surface area contributed by atoms with Crippen LogP contribution in [0.25, 0.3) is 0 Å². The standard InChI is InChI=1S/C17H26FN3OS/c1-19-17(21-14-6-9-16(12-14)23-2)20-10-3-11-22-15-7-4-13(18)5-8-15/h4-5,7-8,14,16H,3,6,9-12H2,1-2H3,(H2,19,20,21). The van der Waals surface area contributed by atoms with Gasteiger partial charge in [0, 0.05) is 24.9 Å². The number of ether oxygens (including phenoxy) is 1. The summed E-state index contributed by atoms with van der Waals surface area (Å²) in [6.45, 7) is 1.38. The van der Waals surface area contributed by atoms with Crippen molar-refractivity contribution in [2.75, 3.05) is 26.5 Å². The average molecular weight is 339 g/mol. The Labute approximate surface area is 142 Å². The largest absolute Gasteiger partial charge is 0.494 e. The number of nitrogens with zero attached hydrogens (tertiary/aromatic N) is 1. The minimum Gasteiger partial charge on any atom is -0.494 e. The molecule has 0 bridgehead atoms. The van der Waals surface area contributed by atoms with Crippen LogP contribution in [0, 0.1) is 5.82 Å². The molecule has 2 rings (SSSR count). The van der Waals surface area contributed by atoms with Gasteiger partial charge in [-0.15, -0.1) is 0 Å². The molecule has 0 amide bonds. The number of aliphatic imine (C=N–C) groups is 1. The molecule has 6 heteroatoms. The molecule has 0 radical (unpaired) electrons. The van der Waals surface area contributed by atoms with E-state index in [-0.39, 0.29) is 5.82 Å². The van der Waals surface area contributed by atoms with Crippen molar-refractivity contribution in [1.29, 1.82) is 0 Å². The van der Waals surface area contributed by atoms with Crippen molar-refractivity contribution in [3.8, 4) is 5.75 Å². The van der Waals surface area contributed by atoms with Crippen LogP contribution in [-0.4, -0.2) is 43.7 Å². The predicted molar refractivity (Wildman–Crippen MR) is 96.0 cm³/mol. The van der Waals surface area contributed by atoms with Crippen LogP contribution < -0.4 is 15.4 Å². The van der Waals surface area contributed by atoms with Crippen LogP contribution in [0.3, 0.4) is 0 Å². The predicted octanol–water partition coefficient (Wildman–Crippen LogP) is 3.04. The molecule has 2 N–H and O–H groups in total. The van der Waals surface area contributed by atoms with Crippen LogP contribution in [0.1, 0.15) is 25.7 Å². The van der Waals surface area contributed by atoms with Gasteiger partial charge in [-0.2, -0.15) is 11.8 Å². The molecule has 1 aromatic rings. The van der Waals surface area contributed by atoms with Crippen molar-refractivity contribution in [1.82, 2.24) is 10.6 Å². The van der Waals surface area contributed by atoms with E-state index in [2.05, 4.69) is 21.9 Å². The van der Waals surface area contributed by atoms with Crippen LogP contribution in [0.15, 0.2) is 29.3 Å². The van der Waals surface area contributed by atoms with E-state index in [0.717, 1.165) is 24.2 Å². The lowest BCUT2D eigenvalue weighted by Crippen LogP contribution is -2.43. The summed E-state index contributed by atoms with van der Waals surface area (Å²) in [6.07, 6.45) is 6.73. The zero-order chi connectivity index (χ0) is 16.5. The number of hydrogen-bond donors (Lipinski definition) is 2. The zero-order valence-electron chi connectivity index (χ0n) is 13.8. The first-order valence-corrected chi connectivity index (χ1v) is 9.38. The molecular weight excluding hydrogens is 313 g/mol. The van der Waals surface area contributed by atoms with E-state index >= 15 is 0 Å². The Balaban J connectivity index is 1.59. The number of nitrogens with one attached hydrogen (secondary N) is 2. The van der Waals surface area contributed by atoms with Gasteiger partial charge >= 0.3 is 0 Å². The van der Waals surface area contributed by atoms with Crippen LogP contribution in [0.5, 0.6) is 5.75 Å². The van der Waals surface area contributed by atoms with Gasteiger partial charge in [-0.25, -0.2) is 4.39 Å². The van der Waals surface area contributed by atoms with Crippen molar-refractivity contribution in [2.24, 2.45) is 4.99 Å². The highest BCUT2D eigenvalue weighted by atomic mass is 32.2. The first-order chi connectivity index (χ1) is 11.2. The van der Waals surface area contributed by atoms with E-state index in [1.165, 1.54) is 31.4 Å². The summed E-state index contributed by atoms with van der Waals surface area (Å²) in [5.74, 6) is 1.31. The van der Waals surface area contributed by atoms with Gasteiger partial charge in [0.25, 0.3) is 0 Å². The molecular formula is C17H26FN3OS. The molecule has 1 aliphatic carbocycles. The van der Waals surface area contributed by atoms with E-state index in [1.807, 2.05) is 11.8 Å². The van der Waals surface area contributed by atoms with Gasteiger partial charge in [-0.1, -0.05) is 0 Å². The van der Waals surface area contributed by atoms with E-state index in [1.54, 1.807) is 19.2 Å². The number of rotatable bonds is 7. The second kappa shape index (κ2) is 9.65. The maximum atomic E-state index is 12.8. The van der Waals surface area contributed by atoms with Gasteiger partial charge in [-0.3, -0.25) is 4.99 Å². The molecule has 1 aromatic carbocycles. The Bertz CT molecular complexity index is 495. The molecule has 0 aliphatic heterocycles. The summed E-state index contributed by atoms with van der Waals surface area (Å²) in [6, 6.07) is 6.62. The van der Waals surface area contributed by atoms with Crippen LogP contribution in [0.2, 0.25) is 0 Å². The molecule has 4 nitrogen and oxygen atoms in total.